The molecule has 0 aliphatic rings. The van der Waals surface area contributed by atoms with E-state index in [0.717, 1.165) is 12.0 Å². The van der Waals surface area contributed by atoms with Crippen LogP contribution in [0.2, 0.25) is 0 Å². The first-order valence-corrected chi connectivity index (χ1v) is 8.88. The van der Waals surface area contributed by atoms with Gasteiger partial charge in [-0.15, -0.1) is 0 Å². The van der Waals surface area contributed by atoms with Gasteiger partial charge < -0.3 is 15.4 Å². The van der Waals surface area contributed by atoms with Crippen molar-refractivity contribution in [1.82, 2.24) is 0 Å². The van der Waals surface area contributed by atoms with Crippen molar-refractivity contribution < 1.29 is 17.9 Å². The molecule has 0 heterocycles. The van der Waals surface area contributed by atoms with Gasteiger partial charge >= 0.3 is 6.03 Å². The predicted octanol–water partition coefficient (Wildman–Crippen LogP) is 3.13. The lowest BCUT2D eigenvalue weighted by Crippen LogP contribution is -2.19. The van der Waals surface area contributed by atoms with Crippen LogP contribution in [0, 0.1) is 0 Å². The molecule has 2 aromatic carbocycles. The van der Waals surface area contributed by atoms with Gasteiger partial charge in [0.15, 0.2) is 9.84 Å². The summed E-state index contributed by atoms with van der Waals surface area (Å²) in [6.45, 7) is 2.48. The van der Waals surface area contributed by atoms with E-state index >= 15 is 0 Å². The van der Waals surface area contributed by atoms with Gasteiger partial charge in [-0.05, 0) is 55.5 Å². The largest absolute Gasteiger partial charge is 0.494 e. The van der Waals surface area contributed by atoms with E-state index < -0.39 is 15.9 Å². The molecule has 0 spiro atoms. The Balaban J connectivity index is 1.96. The molecule has 7 heteroatoms. The molecule has 2 amide bonds. The summed E-state index contributed by atoms with van der Waals surface area (Å²) in [6.07, 6.45) is 1.13. The highest BCUT2D eigenvalue weighted by Crippen LogP contribution is 2.17. The molecule has 2 aromatic rings. The molecule has 0 aromatic heterocycles. The summed E-state index contributed by atoms with van der Waals surface area (Å²) in [5.74, 6) is 0.731. The Labute approximate surface area is 135 Å². The molecule has 0 atom stereocenters. The molecule has 0 bridgehead atoms. The Morgan fingerprint density at radius 2 is 1.43 bits per heavy atom. The van der Waals surface area contributed by atoms with Gasteiger partial charge in [-0.2, -0.15) is 0 Å². The Kier molecular flexibility index (Phi) is 5.23. The minimum Gasteiger partial charge on any atom is -0.494 e. The zero-order chi connectivity index (χ0) is 16.9. The fourth-order valence-electron chi connectivity index (χ4n) is 1.88. The topological polar surface area (TPSA) is 84.5 Å². The third-order valence-electron chi connectivity index (χ3n) is 2.96. The van der Waals surface area contributed by atoms with E-state index in [4.69, 9.17) is 4.74 Å². The van der Waals surface area contributed by atoms with Crippen LogP contribution in [0.15, 0.2) is 53.4 Å². The second kappa shape index (κ2) is 7.15. The van der Waals surface area contributed by atoms with Crippen molar-refractivity contribution in [3.8, 4) is 5.75 Å². The number of hydrogen-bond acceptors (Lipinski definition) is 4. The lowest BCUT2D eigenvalue weighted by molar-refractivity contribution is 0.262. The zero-order valence-corrected chi connectivity index (χ0v) is 13.7. The van der Waals surface area contributed by atoms with Gasteiger partial charge in [-0.1, -0.05) is 0 Å². The smallest absolute Gasteiger partial charge is 0.323 e. The van der Waals surface area contributed by atoms with E-state index in [-0.39, 0.29) is 4.90 Å². The zero-order valence-electron chi connectivity index (χ0n) is 12.9. The molecule has 0 aliphatic carbocycles. The Morgan fingerprint density at radius 1 is 0.957 bits per heavy atom. The van der Waals surface area contributed by atoms with Crippen LogP contribution in [0.1, 0.15) is 6.92 Å². The maximum Gasteiger partial charge on any atom is 0.323 e. The van der Waals surface area contributed by atoms with Gasteiger partial charge in [0.2, 0.25) is 0 Å². The molecular formula is C16H18N2O4S. The first-order chi connectivity index (χ1) is 10.9. The van der Waals surface area contributed by atoms with Gasteiger partial charge in [-0.25, -0.2) is 13.2 Å². The van der Waals surface area contributed by atoms with E-state index in [2.05, 4.69) is 10.6 Å². The fourth-order valence-corrected chi connectivity index (χ4v) is 2.51. The second-order valence-electron chi connectivity index (χ2n) is 4.83. The SMILES string of the molecule is CCOc1ccc(NC(=O)Nc2ccc(S(C)(=O)=O)cc2)cc1. The van der Waals surface area contributed by atoms with E-state index in [1.54, 1.807) is 24.3 Å². The van der Waals surface area contributed by atoms with Crippen molar-refractivity contribution in [3.05, 3.63) is 48.5 Å². The summed E-state index contributed by atoms with van der Waals surface area (Å²) in [5.41, 5.74) is 1.12. The Hall–Kier alpha value is -2.54. The number of ether oxygens (including phenoxy) is 1. The van der Waals surface area contributed by atoms with Gasteiger partial charge in [0, 0.05) is 17.6 Å². The Bertz CT molecular complexity index is 769. The van der Waals surface area contributed by atoms with Gasteiger partial charge in [0.1, 0.15) is 5.75 Å². The van der Waals surface area contributed by atoms with Crippen molar-refractivity contribution in [3.63, 3.8) is 0 Å². The van der Waals surface area contributed by atoms with E-state index in [0.29, 0.717) is 18.0 Å². The summed E-state index contributed by atoms with van der Waals surface area (Å²) >= 11 is 0. The molecule has 2 N–H and O–H groups in total. The first kappa shape index (κ1) is 16.8. The van der Waals surface area contributed by atoms with Gasteiger partial charge in [-0.3, -0.25) is 0 Å². The Morgan fingerprint density at radius 3 is 1.87 bits per heavy atom. The highest BCUT2D eigenvalue weighted by Gasteiger charge is 2.07. The highest BCUT2D eigenvalue weighted by molar-refractivity contribution is 7.90. The normalized spacial score (nSPS) is 10.9. The number of carbonyl (C=O) groups is 1. The van der Waals surface area contributed by atoms with Crippen LogP contribution in [0.5, 0.6) is 5.75 Å². The second-order valence-corrected chi connectivity index (χ2v) is 6.85. The van der Waals surface area contributed by atoms with Gasteiger partial charge in [0.25, 0.3) is 0 Å². The number of rotatable bonds is 5. The maximum atomic E-state index is 11.9. The van der Waals surface area contributed by atoms with Crippen LogP contribution < -0.4 is 15.4 Å². The number of hydrogen-bond donors (Lipinski definition) is 2. The molecule has 0 aliphatic heterocycles. The van der Waals surface area contributed by atoms with Crippen LogP contribution in [-0.2, 0) is 9.84 Å². The van der Waals surface area contributed by atoms with E-state index in [1.807, 2.05) is 6.92 Å². The standard InChI is InChI=1S/C16H18N2O4S/c1-3-22-14-8-4-12(5-9-14)17-16(19)18-13-6-10-15(11-7-13)23(2,20)21/h4-11H,3H2,1-2H3,(H2,17,18,19). The molecule has 0 unspecified atom stereocenters. The molecule has 2 rings (SSSR count). The summed E-state index contributed by atoms with van der Waals surface area (Å²) in [6, 6.07) is 12.5. The summed E-state index contributed by atoms with van der Waals surface area (Å²) < 4.78 is 28.1. The lowest BCUT2D eigenvalue weighted by Gasteiger charge is -2.09. The van der Waals surface area contributed by atoms with Gasteiger partial charge in [0.05, 0.1) is 11.5 Å². The van der Waals surface area contributed by atoms with Crippen molar-refractivity contribution in [2.24, 2.45) is 0 Å². The molecule has 122 valence electrons. The number of sulfone groups is 1. The summed E-state index contributed by atoms with van der Waals surface area (Å²) in [4.78, 5) is 12.1. The van der Waals surface area contributed by atoms with Crippen LogP contribution in [0.25, 0.3) is 0 Å². The number of carbonyl (C=O) groups excluding carboxylic acids is 1. The summed E-state index contributed by atoms with van der Waals surface area (Å²) in [5, 5.41) is 5.31. The first-order valence-electron chi connectivity index (χ1n) is 6.99. The molecular weight excluding hydrogens is 316 g/mol. The number of nitrogens with one attached hydrogen (secondary N) is 2. The van der Waals surface area contributed by atoms with Crippen LogP contribution in [0.4, 0.5) is 16.2 Å². The number of benzene rings is 2. The third-order valence-corrected chi connectivity index (χ3v) is 4.09. The predicted molar refractivity (Wildman–Crippen MR) is 89.8 cm³/mol. The van der Waals surface area contributed by atoms with Crippen LogP contribution in [0.3, 0.4) is 0 Å². The molecule has 0 saturated heterocycles. The maximum absolute atomic E-state index is 11.9. The quantitative estimate of drug-likeness (QED) is 0.880. The van der Waals surface area contributed by atoms with E-state index in [1.165, 1.54) is 24.3 Å². The monoisotopic (exact) mass is 334 g/mol. The van der Waals surface area contributed by atoms with Crippen LogP contribution in [-0.4, -0.2) is 27.3 Å². The highest BCUT2D eigenvalue weighted by atomic mass is 32.2. The number of amides is 2. The summed E-state index contributed by atoms with van der Waals surface area (Å²) in [7, 11) is -3.25. The molecule has 0 saturated carbocycles. The average Bonchev–Trinajstić information content (AvgIpc) is 2.49. The number of anilines is 2. The van der Waals surface area contributed by atoms with Crippen molar-refractivity contribution in [2.45, 2.75) is 11.8 Å². The van der Waals surface area contributed by atoms with E-state index in [9.17, 15) is 13.2 Å². The third kappa shape index (κ3) is 5.00. The fraction of sp³-hybridized carbons (Fsp3) is 0.188. The average molecular weight is 334 g/mol. The lowest BCUT2D eigenvalue weighted by atomic mass is 10.3. The molecule has 6 nitrogen and oxygen atoms in total. The molecule has 23 heavy (non-hydrogen) atoms. The van der Waals surface area contributed by atoms with Crippen molar-refractivity contribution in [2.75, 3.05) is 23.5 Å². The molecule has 0 radical (unpaired) electrons. The van der Waals surface area contributed by atoms with Crippen LogP contribution >= 0.6 is 0 Å². The molecule has 0 fully saturated rings. The number of urea groups is 1. The van der Waals surface area contributed by atoms with Crippen molar-refractivity contribution in [1.29, 1.82) is 0 Å². The minimum absolute atomic E-state index is 0.204. The van der Waals surface area contributed by atoms with Crippen molar-refractivity contribution >= 4 is 27.2 Å². The minimum atomic E-state index is -3.25.